The lowest BCUT2D eigenvalue weighted by Crippen LogP contribution is -2.15. The number of nitrogens with two attached hydrogens (primary N) is 1. The molecule has 6 nitrogen and oxygen atoms in total. The Morgan fingerprint density at radius 1 is 1.10 bits per heavy atom. The Hall–Kier alpha value is -2.89. The van der Waals surface area contributed by atoms with Gasteiger partial charge in [-0.3, -0.25) is 9.59 Å². The van der Waals surface area contributed by atoms with Crippen molar-refractivity contribution in [2.45, 2.75) is 6.92 Å². The smallest absolute Gasteiger partial charge is 0.274 e. The van der Waals surface area contributed by atoms with Crippen LogP contribution in [0.1, 0.15) is 17.4 Å². The fourth-order valence-corrected chi connectivity index (χ4v) is 1.60. The first-order chi connectivity index (χ1) is 9.56. The topological polar surface area (TPSA) is 97.1 Å². The fraction of sp³-hybridized carbons (Fsp3) is 0.0714. The second-order valence-corrected chi connectivity index (χ2v) is 4.15. The second-order valence-electron chi connectivity index (χ2n) is 4.15. The predicted octanol–water partition coefficient (Wildman–Crippen LogP) is 1.87. The zero-order valence-corrected chi connectivity index (χ0v) is 10.9. The molecule has 0 atom stereocenters. The summed E-state index contributed by atoms with van der Waals surface area (Å²) in [5.41, 5.74) is 7.53. The van der Waals surface area contributed by atoms with E-state index in [0.717, 1.165) is 0 Å². The number of benzene rings is 1. The molecule has 4 N–H and O–H groups in total. The Kier molecular flexibility index (Phi) is 3.95. The molecule has 1 heterocycles. The number of hydrogen-bond acceptors (Lipinski definition) is 4. The second kappa shape index (κ2) is 5.83. The number of nitrogens with zero attached hydrogens (tertiary/aromatic N) is 1. The Labute approximate surface area is 116 Å². The first-order valence-electron chi connectivity index (χ1n) is 5.96. The largest absolute Gasteiger partial charge is 0.397 e. The Morgan fingerprint density at radius 3 is 2.45 bits per heavy atom. The Bertz CT molecular complexity index is 638. The molecule has 0 bridgehead atoms. The summed E-state index contributed by atoms with van der Waals surface area (Å²) in [5, 5.41) is 5.25. The van der Waals surface area contributed by atoms with Crippen molar-refractivity contribution in [2.24, 2.45) is 0 Å². The summed E-state index contributed by atoms with van der Waals surface area (Å²) in [6, 6.07) is 10.1. The van der Waals surface area contributed by atoms with E-state index in [9.17, 15) is 9.59 Å². The first kappa shape index (κ1) is 13.5. The van der Waals surface area contributed by atoms with Crippen LogP contribution in [0, 0.1) is 0 Å². The SMILES string of the molecule is CC(=O)Nc1ccc(C(=O)Nc2ccccc2N)nc1. The van der Waals surface area contributed by atoms with Gasteiger partial charge in [-0.2, -0.15) is 0 Å². The van der Waals surface area contributed by atoms with Crippen LogP contribution in [0.4, 0.5) is 17.1 Å². The summed E-state index contributed by atoms with van der Waals surface area (Å²) in [6.45, 7) is 1.40. The van der Waals surface area contributed by atoms with Gasteiger partial charge >= 0.3 is 0 Å². The van der Waals surface area contributed by atoms with Crippen LogP contribution in [0.3, 0.4) is 0 Å². The molecule has 6 heteroatoms. The molecule has 0 saturated heterocycles. The minimum absolute atomic E-state index is 0.193. The summed E-state index contributed by atoms with van der Waals surface area (Å²) in [7, 11) is 0. The molecule has 2 amide bonds. The number of nitrogens with one attached hydrogen (secondary N) is 2. The summed E-state index contributed by atoms with van der Waals surface area (Å²) in [6.07, 6.45) is 1.42. The third kappa shape index (κ3) is 3.32. The highest BCUT2D eigenvalue weighted by molar-refractivity contribution is 6.04. The Morgan fingerprint density at radius 2 is 1.85 bits per heavy atom. The molecule has 1 aromatic heterocycles. The van der Waals surface area contributed by atoms with E-state index in [1.807, 2.05) is 0 Å². The lowest BCUT2D eigenvalue weighted by molar-refractivity contribution is -0.114. The standard InChI is InChI=1S/C14H14N4O2/c1-9(19)17-10-6-7-13(16-8-10)14(20)18-12-5-3-2-4-11(12)15/h2-8H,15H2,1H3,(H,17,19)(H,18,20). The van der Waals surface area contributed by atoms with Crippen molar-refractivity contribution >= 4 is 28.9 Å². The minimum Gasteiger partial charge on any atom is -0.397 e. The van der Waals surface area contributed by atoms with Gasteiger partial charge in [-0.05, 0) is 24.3 Å². The van der Waals surface area contributed by atoms with E-state index >= 15 is 0 Å². The molecular weight excluding hydrogens is 256 g/mol. The molecular formula is C14H14N4O2. The Balaban J connectivity index is 2.10. The minimum atomic E-state index is -0.364. The van der Waals surface area contributed by atoms with Crippen LogP contribution < -0.4 is 16.4 Å². The van der Waals surface area contributed by atoms with E-state index in [4.69, 9.17) is 5.73 Å². The van der Waals surface area contributed by atoms with Gasteiger partial charge in [0.1, 0.15) is 5.69 Å². The molecule has 20 heavy (non-hydrogen) atoms. The lowest BCUT2D eigenvalue weighted by Gasteiger charge is -2.07. The predicted molar refractivity (Wildman–Crippen MR) is 77.3 cm³/mol. The van der Waals surface area contributed by atoms with Gasteiger partial charge in [-0.25, -0.2) is 4.98 Å². The van der Waals surface area contributed by atoms with Crippen molar-refractivity contribution in [3.63, 3.8) is 0 Å². The molecule has 0 saturated carbocycles. The summed E-state index contributed by atoms with van der Waals surface area (Å²) < 4.78 is 0. The molecule has 2 aromatic rings. The van der Waals surface area contributed by atoms with Gasteiger partial charge in [0, 0.05) is 6.92 Å². The van der Waals surface area contributed by atoms with Crippen LogP contribution in [0.5, 0.6) is 0 Å². The maximum absolute atomic E-state index is 12.0. The summed E-state index contributed by atoms with van der Waals surface area (Å²) in [5.74, 6) is -0.557. The number of nitrogen functional groups attached to an aromatic ring is 1. The fourth-order valence-electron chi connectivity index (χ4n) is 1.60. The van der Waals surface area contributed by atoms with Gasteiger partial charge < -0.3 is 16.4 Å². The zero-order chi connectivity index (χ0) is 14.5. The van der Waals surface area contributed by atoms with Crippen LogP contribution in [0.15, 0.2) is 42.6 Å². The molecule has 102 valence electrons. The van der Waals surface area contributed by atoms with Crippen molar-refractivity contribution in [1.29, 1.82) is 0 Å². The number of hydrogen-bond donors (Lipinski definition) is 3. The van der Waals surface area contributed by atoms with E-state index in [-0.39, 0.29) is 17.5 Å². The summed E-state index contributed by atoms with van der Waals surface area (Å²) >= 11 is 0. The number of aromatic nitrogens is 1. The average Bonchev–Trinajstić information content (AvgIpc) is 2.41. The van der Waals surface area contributed by atoms with Crippen molar-refractivity contribution in [3.05, 3.63) is 48.3 Å². The van der Waals surface area contributed by atoms with E-state index in [1.165, 1.54) is 19.2 Å². The molecule has 0 aliphatic carbocycles. The molecule has 0 aliphatic heterocycles. The van der Waals surface area contributed by atoms with Gasteiger partial charge in [0.05, 0.1) is 23.3 Å². The van der Waals surface area contributed by atoms with Gasteiger partial charge in [-0.15, -0.1) is 0 Å². The van der Waals surface area contributed by atoms with Crippen molar-refractivity contribution in [1.82, 2.24) is 4.98 Å². The average molecular weight is 270 g/mol. The maximum Gasteiger partial charge on any atom is 0.274 e. The van der Waals surface area contributed by atoms with Crippen LogP contribution in [-0.4, -0.2) is 16.8 Å². The summed E-state index contributed by atoms with van der Waals surface area (Å²) in [4.78, 5) is 26.9. The normalized spacial score (nSPS) is 9.85. The third-order valence-corrected chi connectivity index (χ3v) is 2.53. The molecule has 0 fully saturated rings. The maximum atomic E-state index is 12.0. The van der Waals surface area contributed by atoms with Gasteiger partial charge in [-0.1, -0.05) is 12.1 Å². The number of anilines is 3. The third-order valence-electron chi connectivity index (χ3n) is 2.53. The van der Waals surface area contributed by atoms with E-state index in [0.29, 0.717) is 17.1 Å². The molecule has 1 aromatic carbocycles. The van der Waals surface area contributed by atoms with Gasteiger partial charge in [0.2, 0.25) is 5.91 Å². The van der Waals surface area contributed by atoms with Crippen molar-refractivity contribution < 1.29 is 9.59 Å². The van der Waals surface area contributed by atoms with Crippen molar-refractivity contribution in [2.75, 3.05) is 16.4 Å². The molecule has 0 aliphatic rings. The number of para-hydroxylation sites is 2. The number of carbonyl (C=O) groups excluding carboxylic acids is 2. The number of rotatable bonds is 3. The van der Waals surface area contributed by atoms with Gasteiger partial charge in [0.15, 0.2) is 0 Å². The first-order valence-corrected chi connectivity index (χ1v) is 5.96. The lowest BCUT2D eigenvalue weighted by atomic mass is 10.2. The van der Waals surface area contributed by atoms with Crippen LogP contribution in [-0.2, 0) is 4.79 Å². The van der Waals surface area contributed by atoms with E-state index in [1.54, 1.807) is 30.3 Å². The molecule has 0 unspecified atom stereocenters. The molecule has 0 radical (unpaired) electrons. The monoisotopic (exact) mass is 270 g/mol. The number of amides is 2. The number of carbonyl (C=O) groups is 2. The quantitative estimate of drug-likeness (QED) is 0.742. The zero-order valence-electron chi connectivity index (χ0n) is 10.9. The molecule has 2 rings (SSSR count). The van der Waals surface area contributed by atoms with Gasteiger partial charge in [0.25, 0.3) is 5.91 Å². The highest BCUT2D eigenvalue weighted by Crippen LogP contribution is 2.17. The van der Waals surface area contributed by atoms with E-state index < -0.39 is 0 Å². The van der Waals surface area contributed by atoms with Crippen molar-refractivity contribution in [3.8, 4) is 0 Å². The van der Waals surface area contributed by atoms with E-state index in [2.05, 4.69) is 15.6 Å². The van der Waals surface area contributed by atoms with Crippen LogP contribution in [0.2, 0.25) is 0 Å². The number of pyridine rings is 1. The van der Waals surface area contributed by atoms with Crippen LogP contribution >= 0.6 is 0 Å². The molecule has 0 spiro atoms. The van der Waals surface area contributed by atoms with Crippen LogP contribution in [0.25, 0.3) is 0 Å². The highest BCUT2D eigenvalue weighted by atomic mass is 16.2. The highest BCUT2D eigenvalue weighted by Gasteiger charge is 2.09.